The number of carbonyl (C=O) groups is 1. The van der Waals surface area contributed by atoms with Crippen molar-refractivity contribution >= 4 is 22.8 Å². The summed E-state index contributed by atoms with van der Waals surface area (Å²) in [5, 5.41) is 0. The van der Waals surface area contributed by atoms with E-state index in [4.69, 9.17) is 0 Å². The summed E-state index contributed by atoms with van der Waals surface area (Å²) in [6.07, 6.45) is 1.48. The SMILES string of the molecule is Cn1cnc2c1c(=O)n(CC(=O)N(Cc1ccccc1)c1ccccc1)c(=O)n2C. The Morgan fingerprint density at radius 3 is 2.27 bits per heavy atom. The third kappa shape index (κ3) is 3.43. The molecule has 8 nitrogen and oxygen atoms in total. The normalized spacial score (nSPS) is 11.0. The predicted molar refractivity (Wildman–Crippen MR) is 114 cm³/mol. The number of rotatable bonds is 5. The second-order valence-corrected chi connectivity index (χ2v) is 7.06. The smallest absolute Gasteiger partial charge is 0.328 e. The van der Waals surface area contributed by atoms with E-state index in [9.17, 15) is 14.4 Å². The van der Waals surface area contributed by atoms with E-state index < -0.39 is 11.2 Å². The maximum Gasteiger partial charge on any atom is 0.332 e. The van der Waals surface area contributed by atoms with Crippen LogP contribution in [0.1, 0.15) is 5.56 Å². The van der Waals surface area contributed by atoms with Gasteiger partial charge in [0.05, 0.1) is 12.9 Å². The molecule has 1 amide bonds. The fourth-order valence-electron chi connectivity index (χ4n) is 3.45. The van der Waals surface area contributed by atoms with Crippen molar-refractivity contribution in [2.45, 2.75) is 13.1 Å². The molecule has 0 atom stereocenters. The number of hydrogen-bond acceptors (Lipinski definition) is 4. The maximum atomic E-state index is 13.3. The number of hydrogen-bond donors (Lipinski definition) is 0. The number of imidazole rings is 1. The molecule has 0 bridgehead atoms. The van der Waals surface area contributed by atoms with Gasteiger partial charge < -0.3 is 9.47 Å². The van der Waals surface area contributed by atoms with Crippen molar-refractivity contribution in [1.29, 1.82) is 0 Å². The molecule has 2 aromatic carbocycles. The van der Waals surface area contributed by atoms with Crippen LogP contribution in [-0.4, -0.2) is 24.6 Å². The van der Waals surface area contributed by atoms with E-state index in [0.29, 0.717) is 17.9 Å². The van der Waals surface area contributed by atoms with Gasteiger partial charge >= 0.3 is 5.69 Å². The number of amides is 1. The topological polar surface area (TPSA) is 82.1 Å². The number of nitrogens with zero attached hydrogens (tertiary/aromatic N) is 5. The lowest BCUT2D eigenvalue weighted by molar-refractivity contribution is -0.119. The molecule has 0 N–H and O–H groups in total. The van der Waals surface area contributed by atoms with Crippen LogP contribution in [0.5, 0.6) is 0 Å². The zero-order valence-electron chi connectivity index (χ0n) is 16.7. The average Bonchev–Trinajstić information content (AvgIpc) is 3.16. The van der Waals surface area contributed by atoms with E-state index in [0.717, 1.165) is 10.1 Å². The van der Waals surface area contributed by atoms with Crippen molar-refractivity contribution in [3.63, 3.8) is 0 Å². The first-order valence-corrected chi connectivity index (χ1v) is 9.47. The first-order chi connectivity index (χ1) is 14.5. The average molecular weight is 403 g/mol. The summed E-state index contributed by atoms with van der Waals surface area (Å²) in [4.78, 5) is 44.7. The van der Waals surface area contributed by atoms with Crippen molar-refractivity contribution < 1.29 is 4.79 Å². The summed E-state index contributed by atoms with van der Waals surface area (Å²) in [7, 11) is 3.22. The van der Waals surface area contributed by atoms with Gasteiger partial charge in [-0.1, -0.05) is 48.5 Å². The summed E-state index contributed by atoms with van der Waals surface area (Å²) >= 11 is 0. The summed E-state index contributed by atoms with van der Waals surface area (Å²) in [6.45, 7) is -0.0406. The first kappa shape index (κ1) is 19.4. The van der Waals surface area contributed by atoms with Crippen LogP contribution in [0.25, 0.3) is 11.2 Å². The van der Waals surface area contributed by atoms with E-state index in [-0.39, 0.29) is 18.0 Å². The predicted octanol–water partition coefficient (Wildman–Crippen LogP) is 1.67. The number of anilines is 1. The minimum absolute atomic E-state index is 0.277. The van der Waals surface area contributed by atoms with Crippen LogP contribution in [0.15, 0.2) is 76.6 Å². The van der Waals surface area contributed by atoms with Gasteiger partial charge in [0.25, 0.3) is 5.56 Å². The van der Waals surface area contributed by atoms with Crippen LogP contribution >= 0.6 is 0 Å². The zero-order chi connectivity index (χ0) is 21.3. The molecule has 0 aliphatic rings. The van der Waals surface area contributed by atoms with Crippen molar-refractivity contribution in [1.82, 2.24) is 18.7 Å². The number of para-hydroxylation sites is 1. The summed E-state index contributed by atoms with van der Waals surface area (Å²) in [5.41, 5.74) is 1.09. The van der Waals surface area contributed by atoms with Crippen LogP contribution in [0.4, 0.5) is 5.69 Å². The van der Waals surface area contributed by atoms with Crippen LogP contribution in [-0.2, 0) is 32.0 Å². The molecular formula is C22H21N5O3. The van der Waals surface area contributed by atoms with Gasteiger partial charge in [0, 0.05) is 19.8 Å². The third-order valence-electron chi connectivity index (χ3n) is 5.05. The number of aryl methyl sites for hydroxylation is 2. The highest BCUT2D eigenvalue weighted by Crippen LogP contribution is 2.17. The van der Waals surface area contributed by atoms with E-state index in [1.54, 1.807) is 16.5 Å². The lowest BCUT2D eigenvalue weighted by Crippen LogP contribution is -2.44. The Kier molecular flexibility index (Phi) is 5.05. The molecule has 4 aromatic rings. The number of fused-ring (bicyclic) bond motifs is 1. The van der Waals surface area contributed by atoms with Gasteiger partial charge in [0.15, 0.2) is 11.2 Å². The number of benzene rings is 2. The van der Waals surface area contributed by atoms with Crippen LogP contribution in [0, 0.1) is 0 Å². The second kappa shape index (κ2) is 7.82. The van der Waals surface area contributed by atoms with Crippen LogP contribution < -0.4 is 16.1 Å². The van der Waals surface area contributed by atoms with Crippen LogP contribution in [0.3, 0.4) is 0 Å². The lowest BCUT2D eigenvalue weighted by Gasteiger charge is -2.23. The molecule has 0 aliphatic carbocycles. The summed E-state index contributed by atoms with van der Waals surface area (Å²) in [6, 6.07) is 18.8. The van der Waals surface area contributed by atoms with Gasteiger partial charge in [-0.3, -0.25) is 14.2 Å². The molecule has 0 saturated heterocycles. The quantitative estimate of drug-likeness (QED) is 0.508. The van der Waals surface area contributed by atoms with Crippen molar-refractivity contribution in [3.05, 3.63) is 93.4 Å². The van der Waals surface area contributed by atoms with E-state index >= 15 is 0 Å². The maximum absolute atomic E-state index is 13.3. The van der Waals surface area contributed by atoms with E-state index in [1.807, 2.05) is 60.7 Å². The number of carbonyl (C=O) groups excluding carboxylic acids is 1. The summed E-state index contributed by atoms with van der Waals surface area (Å²) < 4.78 is 3.80. The first-order valence-electron chi connectivity index (χ1n) is 9.47. The molecule has 2 heterocycles. The fourth-order valence-corrected chi connectivity index (χ4v) is 3.45. The molecular weight excluding hydrogens is 382 g/mol. The Morgan fingerprint density at radius 2 is 1.60 bits per heavy atom. The Balaban J connectivity index is 1.76. The Morgan fingerprint density at radius 1 is 0.967 bits per heavy atom. The highest BCUT2D eigenvalue weighted by molar-refractivity contribution is 5.93. The summed E-state index contributed by atoms with van der Waals surface area (Å²) in [5.74, 6) is -0.356. The zero-order valence-corrected chi connectivity index (χ0v) is 16.7. The number of aromatic nitrogens is 4. The minimum atomic E-state index is -0.577. The Labute approximate surface area is 172 Å². The van der Waals surface area contributed by atoms with Gasteiger partial charge in [-0.05, 0) is 17.7 Å². The molecule has 8 heteroatoms. The highest BCUT2D eigenvalue weighted by Gasteiger charge is 2.21. The molecule has 0 fully saturated rings. The Bertz CT molecular complexity index is 1320. The standard InChI is InChI=1S/C22H21N5O3/c1-24-15-23-20-19(24)21(29)27(22(30)25(20)2)14-18(28)26(17-11-7-4-8-12-17)13-16-9-5-3-6-10-16/h3-12,15H,13-14H2,1-2H3. The lowest BCUT2D eigenvalue weighted by atomic mass is 10.2. The third-order valence-corrected chi connectivity index (χ3v) is 5.05. The molecule has 152 valence electrons. The second-order valence-electron chi connectivity index (χ2n) is 7.06. The van der Waals surface area contributed by atoms with Gasteiger partial charge in [-0.15, -0.1) is 0 Å². The van der Waals surface area contributed by atoms with Crippen LogP contribution in [0.2, 0.25) is 0 Å². The molecule has 0 saturated carbocycles. The Hall–Kier alpha value is -3.94. The van der Waals surface area contributed by atoms with Gasteiger partial charge in [-0.2, -0.15) is 0 Å². The van der Waals surface area contributed by atoms with E-state index in [1.165, 1.54) is 17.9 Å². The van der Waals surface area contributed by atoms with E-state index in [2.05, 4.69) is 4.98 Å². The molecule has 0 spiro atoms. The molecule has 30 heavy (non-hydrogen) atoms. The van der Waals surface area contributed by atoms with Crippen molar-refractivity contribution in [2.24, 2.45) is 14.1 Å². The molecule has 2 aromatic heterocycles. The van der Waals surface area contributed by atoms with Gasteiger partial charge in [0.1, 0.15) is 6.54 Å². The molecule has 0 radical (unpaired) electrons. The minimum Gasteiger partial charge on any atom is -0.328 e. The molecule has 0 unspecified atom stereocenters. The molecule has 0 aliphatic heterocycles. The monoisotopic (exact) mass is 403 g/mol. The van der Waals surface area contributed by atoms with Gasteiger partial charge in [0.2, 0.25) is 5.91 Å². The highest BCUT2D eigenvalue weighted by atomic mass is 16.2. The van der Waals surface area contributed by atoms with Crippen molar-refractivity contribution in [3.8, 4) is 0 Å². The largest absolute Gasteiger partial charge is 0.332 e. The fraction of sp³-hybridized carbons (Fsp3) is 0.182. The van der Waals surface area contributed by atoms with Crippen molar-refractivity contribution in [2.75, 3.05) is 4.90 Å². The van der Waals surface area contributed by atoms with Gasteiger partial charge in [-0.25, -0.2) is 14.3 Å². The molecule has 4 rings (SSSR count).